The van der Waals surface area contributed by atoms with Crippen LogP contribution < -0.4 is 14.8 Å². The zero-order valence-corrected chi connectivity index (χ0v) is 36.7. The number of hydrogen-bond acceptors (Lipinski definition) is 8. The lowest BCUT2D eigenvalue weighted by Gasteiger charge is -2.39. The molecule has 2 radical (unpaired) electrons. The predicted octanol–water partition coefficient (Wildman–Crippen LogP) is 10.0. The van der Waals surface area contributed by atoms with E-state index in [1.54, 1.807) is 14.2 Å². The van der Waals surface area contributed by atoms with E-state index in [1.807, 2.05) is 78.9 Å². The molecule has 3 aromatic rings. The highest BCUT2D eigenvalue weighted by molar-refractivity contribution is 7.80. The zero-order chi connectivity index (χ0) is 43.0. The second-order valence-corrected chi connectivity index (χ2v) is 16.8. The molecule has 1 heterocycles. The molecule has 1 saturated heterocycles. The number of ether oxygens (including phenoxy) is 4. The minimum absolute atomic E-state index is 0.0778. The number of alkyl halides is 3. The molecule has 320 valence electrons. The fraction of sp³-hybridized carbons (Fsp3) is 0.545. The number of hydrogen-bond donors (Lipinski definition) is 1. The number of methoxy groups -OCH3 is 2. The Kier molecular flexibility index (Phi) is 19.4. The zero-order valence-electron chi connectivity index (χ0n) is 35.0. The Balaban J connectivity index is 1.66. The molecule has 1 aliphatic heterocycles. The van der Waals surface area contributed by atoms with E-state index in [4.69, 9.17) is 42.4 Å². The largest absolute Gasteiger partial charge is 0.497 e. The van der Waals surface area contributed by atoms with Crippen molar-refractivity contribution in [3.05, 3.63) is 107 Å². The lowest BCUT2D eigenvalue weighted by molar-refractivity contribution is -0.0717. The normalized spacial score (nSPS) is 18.9. The summed E-state index contributed by atoms with van der Waals surface area (Å²) in [4.78, 5) is 2.43. The molecule has 1 N–H and O–H groups in total. The molecule has 0 amide bonds. The van der Waals surface area contributed by atoms with E-state index < -0.39 is 43.5 Å². The van der Waals surface area contributed by atoms with Crippen molar-refractivity contribution in [2.75, 3.05) is 40.5 Å². The molecule has 59 heavy (non-hydrogen) atoms. The van der Waals surface area contributed by atoms with E-state index >= 15 is 0 Å². The van der Waals surface area contributed by atoms with Crippen LogP contribution in [0.25, 0.3) is 4.85 Å². The van der Waals surface area contributed by atoms with Gasteiger partial charge in [0, 0.05) is 30.5 Å². The number of rotatable bonds is 24. The van der Waals surface area contributed by atoms with Gasteiger partial charge in [-0.2, -0.15) is 13.2 Å². The summed E-state index contributed by atoms with van der Waals surface area (Å²) in [5.41, 5.74) is 1.54. The molecular weight excluding hydrogens is 797 g/mol. The van der Waals surface area contributed by atoms with Crippen LogP contribution in [0.2, 0.25) is 0 Å². The first-order valence-electron chi connectivity index (χ1n) is 20.2. The number of nitrogens with zero attached hydrogens (tertiary/aromatic N) is 2. The third kappa shape index (κ3) is 13.4. The first-order valence-corrected chi connectivity index (χ1v) is 21.8. The molecule has 2 unspecified atom stereocenters. The van der Waals surface area contributed by atoms with Crippen molar-refractivity contribution < 1.29 is 41.2 Å². The van der Waals surface area contributed by atoms with Crippen molar-refractivity contribution in [2.45, 2.75) is 108 Å². The Morgan fingerprint density at radius 1 is 0.864 bits per heavy atom. The minimum atomic E-state index is -4.52. The average Bonchev–Trinajstić information content (AvgIpc) is 3.51. The Morgan fingerprint density at radius 2 is 1.41 bits per heavy atom. The predicted molar refractivity (Wildman–Crippen MR) is 232 cm³/mol. The lowest BCUT2D eigenvalue weighted by Crippen LogP contribution is -2.41. The molecule has 3 aromatic carbocycles. The molecular formula is C44H58BF3N3O6PS. The van der Waals surface area contributed by atoms with Crippen molar-refractivity contribution >= 4 is 33.6 Å². The van der Waals surface area contributed by atoms with Crippen molar-refractivity contribution in [3.63, 3.8) is 0 Å². The van der Waals surface area contributed by atoms with Gasteiger partial charge in [-0.05, 0) is 81.5 Å². The summed E-state index contributed by atoms with van der Waals surface area (Å²) in [5, 5.41) is 2.30. The van der Waals surface area contributed by atoms with Gasteiger partial charge in [-0.1, -0.05) is 92.5 Å². The monoisotopic (exact) mass is 855 g/mol. The Hall–Kier alpha value is -3.28. The first kappa shape index (κ1) is 48.4. The quantitative estimate of drug-likeness (QED) is 0.0237. The Bertz CT molecular complexity index is 1680. The van der Waals surface area contributed by atoms with E-state index in [0.717, 1.165) is 42.4 Å². The molecule has 0 saturated carbocycles. The molecule has 5 atom stereocenters. The molecule has 9 nitrogen and oxygen atoms in total. The first-order chi connectivity index (χ1) is 28.3. The van der Waals surface area contributed by atoms with Crippen LogP contribution in [0.4, 0.5) is 13.2 Å². The van der Waals surface area contributed by atoms with Crippen LogP contribution in [0, 0.1) is 12.5 Å². The van der Waals surface area contributed by atoms with Crippen LogP contribution in [0.5, 0.6) is 11.5 Å². The van der Waals surface area contributed by atoms with E-state index in [-0.39, 0.29) is 44.3 Å². The smallest absolute Gasteiger partial charge is 0.441 e. The highest BCUT2D eigenvalue weighted by Crippen LogP contribution is 2.51. The lowest BCUT2D eigenvalue weighted by atomic mass is 9.79. The van der Waals surface area contributed by atoms with Crippen molar-refractivity contribution in [1.82, 2.24) is 9.99 Å². The summed E-state index contributed by atoms with van der Waals surface area (Å²) in [5.74, 6) is 1.19. The van der Waals surface area contributed by atoms with Crippen molar-refractivity contribution in [2.24, 2.45) is 5.92 Å². The van der Waals surface area contributed by atoms with E-state index in [0.29, 0.717) is 24.3 Å². The summed E-state index contributed by atoms with van der Waals surface area (Å²) in [6.45, 7) is 16.4. The highest BCUT2D eigenvalue weighted by Gasteiger charge is 2.48. The van der Waals surface area contributed by atoms with Crippen LogP contribution in [-0.2, 0) is 24.1 Å². The second-order valence-electron chi connectivity index (χ2n) is 15.0. The van der Waals surface area contributed by atoms with E-state index in [2.05, 4.69) is 54.7 Å². The van der Waals surface area contributed by atoms with Crippen LogP contribution in [0.1, 0.15) is 82.9 Å². The molecule has 1 aliphatic rings. The third-order valence-electron chi connectivity index (χ3n) is 10.3. The fourth-order valence-electron chi connectivity index (χ4n) is 7.46. The van der Waals surface area contributed by atoms with Crippen molar-refractivity contribution in [1.29, 1.82) is 0 Å². The van der Waals surface area contributed by atoms with Gasteiger partial charge >= 0.3 is 6.18 Å². The van der Waals surface area contributed by atoms with Gasteiger partial charge in [0.25, 0.3) is 8.53 Å². The number of thiocarbonyl (C=S) groups is 1. The highest BCUT2D eigenvalue weighted by atomic mass is 32.1. The van der Waals surface area contributed by atoms with Crippen LogP contribution in [0.15, 0.2) is 78.9 Å². The van der Waals surface area contributed by atoms with Gasteiger partial charge in [-0.3, -0.25) is 0 Å². The summed E-state index contributed by atoms with van der Waals surface area (Å²) in [6.07, 6.45) is -1.13. The van der Waals surface area contributed by atoms with Crippen LogP contribution >= 0.6 is 20.7 Å². The van der Waals surface area contributed by atoms with Crippen LogP contribution in [0.3, 0.4) is 0 Å². The fourth-order valence-corrected chi connectivity index (χ4v) is 9.36. The molecule has 4 rings (SSSR count). The van der Waals surface area contributed by atoms with E-state index in [9.17, 15) is 13.2 Å². The summed E-state index contributed by atoms with van der Waals surface area (Å²) >= 11 is 4.43. The molecule has 1 fully saturated rings. The number of benzene rings is 3. The van der Waals surface area contributed by atoms with Gasteiger partial charge in [0.1, 0.15) is 37.7 Å². The van der Waals surface area contributed by atoms with Gasteiger partial charge < -0.3 is 38.2 Å². The number of halogens is 3. The summed E-state index contributed by atoms with van der Waals surface area (Å²) < 4.78 is 78.9. The summed E-state index contributed by atoms with van der Waals surface area (Å²) in [6, 6.07) is 25.2. The maximum Gasteiger partial charge on any atom is 0.441 e. The van der Waals surface area contributed by atoms with Crippen molar-refractivity contribution in [3.8, 4) is 11.5 Å². The summed E-state index contributed by atoms with van der Waals surface area (Å²) in [7, 11) is 8.46. The van der Waals surface area contributed by atoms with E-state index in [1.165, 1.54) is 0 Å². The molecule has 0 aromatic heterocycles. The maximum absolute atomic E-state index is 12.8. The molecule has 0 bridgehead atoms. The maximum atomic E-state index is 12.8. The third-order valence-corrected chi connectivity index (χ3v) is 12.8. The Labute approximate surface area is 356 Å². The molecule has 15 heteroatoms. The second kappa shape index (κ2) is 23.6. The Morgan fingerprint density at radius 3 is 1.93 bits per heavy atom. The molecule has 0 aliphatic carbocycles. The van der Waals surface area contributed by atoms with Gasteiger partial charge in [0.2, 0.25) is 6.54 Å². The molecule has 0 spiro atoms. The topological polar surface area (TPSA) is 75.0 Å². The number of nitrogens with one attached hydrogen (secondary N) is 1. The van der Waals surface area contributed by atoms with Gasteiger partial charge in [0.15, 0.2) is 4.99 Å². The van der Waals surface area contributed by atoms with Gasteiger partial charge in [-0.15, -0.1) is 0 Å². The number of unbranched alkanes of at least 4 members (excludes halogenated alkanes) is 4. The van der Waals surface area contributed by atoms with Gasteiger partial charge in [0.05, 0.1) is 26.9 Å². The standard InChI is InChI=1S/C44H58BF3N3O6PS/c1-31(2)51(32(3)4)58(55-29-28-49-5)57-40-38(18-14-9-8-10-15-27-50-42(59)44(46,47)48)41(45)56-39(40)30-54-43(33-16-12-11-13-17-33,34-19-23-36(52-6)24-20-34)35-21-25-37(53-7)26-22-35/h11-13,16-17,19-26,31-32,38-41H,8-10,14-15,18,27-30H2,1-4,6-7H3,(H,50,59)/t38-,39+,40?,41+,58?/m0/s1. The van der Waals surface area contributed by atoms with Gasteiger partial charge in [-0.25, -0.2) is 11.2 Å². The SMILES string of the molecule is [B][C@@H]1O[C@H](COC(c2ccccc2)(c2ccc(OC)cc2)c2ccc(OC)cc2)C(OP(OCC[N+]#[C-])N(C(C)C)C(C)C)[C@@H]1CCCCCCCNC(=S)C(F)(F)F. The minimum Gasteiger partial charge on any atom is -0.497 e. The average molecular weight is 856 g/mol. The van der Waals surface area contributed by atoms with Crippen LogP contribution in [-0.4, -0.2) is 94.5 Å².